The van der Waals surface area contributed by atoms with Gasteiger partial charge in [-0.1, -0.05) is 32.0 Å². The first-order valence-corrected chi connectivity index (χ1v) is 9.41. The molecular weight excluding hydrogens is 315 g/mol. The maximum absolute atomic E-state index is 12.8. The maximum Gasteiger partial charge on any atom is 0.186 e. The molecule has 1 unspecified atom stereocenters. The van der Waals surface area contributed by atoms with E-state index in [4.69, 9.17) is 4.74 Å². The van der Waals surface area contributed by atoms with Crippen LogP contribution in [0.1, 0.15) is 46.5 Å². The highest BCUT2D eigenvalue weighted by Gasteiger charge is 2.16. The predicted molar refractivity (Wildman–Crippen MR) is 104 cm³/mol. The van der Waals surface area contributed by atoms with Gasteiger partial charge in [-0.15, -0.1) is 0 Å². The van der Waals surface area contributed by atoms with Gasteiger partial charge in [-0.3, -0.25) is 4.79 Å². The van der Waals surface area contributed by atoms with Crippen LogP contribution in [0, 0.1) is 33.6 Å². The van der Waals surface area contributed by atoms with Crippen molar-refractivity contribution in [3.05, 3.63) is 58.1 Å². The lowest BCUT2D eigenvalue weighted by Crippen LogP contribution is -2.08. The lowest BCUT2D eigenvalue weighted by atomic mass is 9.95. The van der Waals surface area contributed by atoms with Gasteiger partial charge in [0.25, 0.3) is 0 Å². The second-order valence-electron chi connectivity index (χ2n) is 6.82. The Kier molecular flexibility index (Phi) is 6.18. The van der Waals surface area contributed by atoms with Gasteiger partial charge < -0.3 is 4.74 Å². The molecular formula is C21H27O2P. The molecule has 0 aliphatic carbocycles. The van der Waals surface area contributed by atoms with Crippen molar-refractivity contribution in [2.45, 2.75) is 41.5 Å². The Balaban J connectivity index is 2.14. The van der Waals surface area contributed by atoms with Crippen molar-refractivity contribution >= 4 is 19.4 Å². The van der Waals surface area contributed by atoms with Gasteiger partial charge in [-0.05, 0) is 81.9 Å². The van der Waals surface area contributed by atoms with E-state index in [0.29, 0.717) is 12.5 Å². The number of carbonyl (C=O) groups is 1. The summed E-state index contributed by atoms with van der Waals surface area (Å²) in [4.78, 5) is 12.8. The molecule has 0 bridgehead atoms. The van der Waals surface area contributed by atoms with Crippen LogP contribution in [0.5, 0.6) is 5.75 Å². The molecule has 0 aliphatic rings. The highest BCUT2D eigenvalue weighted by atomic mass is 31.1. The molecule has 0 aliphatic heterocycles. The molecule has 0 aromatic heterocycles. The van der Waals surface area contributed by atoms with Gasteiger partial charge in [0.1, 0.15) is 5.75 Å². The number of carbonyl (C=O) groups excluding carboxylic acids is 1. The Labute approximate surface area is 147 Å². The van der Waals surface area contributed by atoms with E-state index in [1.54, 1.807) is 0 Å². The zero-order chi connectivity index (χ0) is 17.9. The summed E-state index contributed by atoms with van der Waals surface area (Å²) in [6, 6.07) is 10.0. The molecule has 2 aromatic carbocycles. The molecule has 0 saturated carbocycles. The quantitative estimate of drug-likeness (QED) is 0.683. The largest absolute Gasteiger partial charge is 0.493 e. The second kappa shape index (κ2) is 7.94. The minimum absolute atomic E-state index is 0.141. The number of benzene rings is 2. The van der Waals surface area contributed by atoms with Gasteiger partial charge in [0.05, 0.1) is 6.61 Å². The van der Waals surface area contributed by atoms with Gasteiger partial charge in [-0.25, -0.2) is 0 Å². The Morgan fingerprint density at radius 3 is 2.21 bits per heavy atom. The van der Waals surface area contributed by atoms with Crippen molar-refractivity contribution in [1.29, 1.82) is 0 Å². The normalized spacial score (nSPS) is 11.5. The van der Waals surface area contributed by atoms with Crippen LogP contribution in [0.25, 0.3) is 0 Å². The summed E-state index contributed by atoms with van der Waals surface area (Å²) in [5.74, 6) is 1.37. The van der Waals surface area contributed by atoms with Gasteiger partial charge >= 0.3 is 0 Å². The first-order valence-electron chi connectivity index (χ1n) is 8.41. The number of aryl methyl sites for hydroxylation is 2. The van der Waals surface area contributed by atoms with Crippen molar-refractivity contribution in [1.82, 2.24) is 0 Å². The summed E-state index contributed by atoms with van der Waals surface area (Å²) in [6.45, 7) is 13.2. The molecule has 2 aromatic rings. The van der Waals surface area contributed by atoms with Crippen molar-refractivity contribution in [3.8, 4) is 5.75 Å². The summed E-state index contributed by atoms with van der Waals surface area (Å²) in [5.41, 5.74) is 5.75. The third-order valence-electron chi connectivity index (χ3n) is 4.28. The zero-order valence-corrected chi connectivity index (χ0v) is 16.5. The number of hydrogen-bond acceptors (Lipinski definition) is 2. The molecule has 0 saturated heterocycles. The van der Waals surface area contributed by atoms with Crippen LogP contribution in [0.3, 0.4) is 0 Å². The molecule has 1 atom stereocenters. The smallest absolute Gasteiger partial charge is 0.186 e. The molecule has 2 nitrogen and oxygen atoms in total. The van der Waals surface area contributed by atoms with Crippen LogP contribution in [-0.4, -0.2) is 12.1 Å². The van der Waals surface area contributed by atoms with Crippen LogP contribution in [0.4, 0.5) is 0 Å². The fourth-order valence-corrected chi connectivity index (χ4v) is 3.83. The average molecular weight is 342 g/mol. The average Bonchev–Trinajstić information content (AvgIpc) is 2.52. The molecule has 128 valence electrons. The fraction of sp³-hybridized carbons (Fsp3) is 0.381. The van der Waals surface area contributed by atoms with Gasteiger partial charge in [0, 0.05) is 5.56 Å². The molecule has 0 amide bonds. The predicted octanol–water partition coefficient (Wildman–Crippen LogP) is 5.10. The van der Waals surface area contributed by atoms with E-state index in [2.05, 4.69) is 40.7 Å². The topological polar surface area (TPSA) is 26.3 Å². The third kappa shape index (κ3) is 4.45. The van der Waals surface area contributed by atoms with Crippen LogP contribution >= 0.6 is 8.58 Å². The monoisotopic (exact) mass is 342 g/mol. The first kappa shape index (κ1) is 18.7. The summed E-state index contributed by atoms with van der Waals surface area (Å²) >= 11 is 0. The lowest BCUT2D eigenvalue weighted by Gasteiger charge is -2.14. The van der Waals surface area contributed by atoms with Crippen LogP contribution in [-0.2, 0) is 0 Å². The Bertz CT molecular complexity index is 730. The summed E-state index contributed by atoms with van der Waals surface area (Å²) in [6.07, 6.45) is 0. The molecule has 24 heavy (non-hydrogen) atoms. The van der Waals surface area contributed by atoms with Crippen LogP contribution in [0.15, 0.2) is 30.3 Å². The van der Waals surface area contributed by atoms with E-state index in [1.165, 1.54) is 11.1 Å². The SMILES string of the molecule is Cc1cc(C)c(C(=O)Pc2ccc(OCC(C)C)cc2)c(C)c1C. The molecule has 0 fully saturated rings. The molecule has 0 spiro atoms. The Morgan fingerprint density at radius 2 is 1.62 bits per heavy atom. The highest BCUT2D eigenvalue weighted by Crippen LogP contribution is 2.28. The first-order chi connectivity index (χ1) is 11.3. The van der Waals surface area contributed by atoms with E-state index in [0.717, 1.165) is 27.7 Å². The van der Waals surface area contributed by atoms with E-state index in [-0.39, 0.29) is 14.1 Å². The van der Waals surface area contributed by atoms with E-state index in [1.807, 2.05) is 31.2 Å². The molecule has 2 rings (SSSR count). The van der Waals surface area contributed by atoms with Crippen molar-refractivity contribution in [3.63, 3.8) is 0 Å². The van der Waals surface area contributed by atoms with E-state index >= 15 is 0 Å². The summed E-state index contributed by atoms with van der Waals surface area (Å²) in [5, 5.41) is 1.05. The fourth-order valence-electron chi connectivity index (χ4n) is 2.72. The highest BCUT2D eigenvalue weighted by molar-refractivity contribution is 7.66. The Hall–Kier alpha value is -1.66. The Morgan fingerprint density at radius 1 is 1.00 bits per heavy atom. The van der Waals surface area contributed by atoms with Gasteiger partial charge in [0.2, 0.25) is 0 Å². The molecule has 0 heterocycles. The molecule has 0 N–H and O–H groups in total. The second-order valence-corrected chi connectivity index (χ2v) is 8.10. The maximum atomic E-state index is 12.8. The minimum Gasteiger partial charge on any atom is -0.493 e. The third-order valence-corrected chi connectivity index (χ3v) is 5.38. The number of rotatable bonds is 6. The van der Waals surface area contributed by atoms with Crippen molar-refractivity contribution < 1.29 is 9.53 Å². The van der Waals surface area contributed by atoms with Gasteiger partial charge in [-0.2, -0.15) is 0 Å². The van der Waals surface area contributed by atoms with Gasteiger partial charge in [0.15, 0.2) is 5.52 Å². The molecule has 3 heteroatoms. The number of hydrogen-bond donors (Lipinski definition) is 0. The van der Waals surface area contributed by atoms with Crippen LogP contribution < -0.4 is 10.0 Å². The van der Waals surface area contributed by atoms with Crippen molar-refractivity contribution in [2.75, 3.05) is 6.61 Å². The van der Waals surface area contributed by atoms with E-state index < -0.39 is 0 Å². The van der Waals surface area contributed by atoms with E-state index in [9.17, 15) is 4.79 Å². The van der Waals surface area contributed by atoms with Crippen molar-refractivity contribution in [2.24, 2.45) is 5.92 Å². The summed E-state index contributed by atoms with van der Waals surface area (Å²) in [7, 11) is 0.141. The standard InChI is InChI=1S/C21H27O2P/c1-13(2)12-23-18-7-9-19(10-8-18)24-21(22)20-15(4)11-14(3)16(5)17(20)6/h7-11,13,24H,12H2,1-6H3. The summed E-state index contributed by atoms with van der Waals surface area (Å²) < 4.78 is 5.70. The molecule has 0 radical (unpaired) electrons. The lowest BCUT2D eigenvalue weighted by molar-refractivity contribution is 0.108. The zero-order valence-electron chi connectivity index (χ0n) is 15.5. The minimum atomic E-state index is 0.141. The van der Waals surface area contributed by atoms with Crippen LogP contribution in [0.2, 0.25) is 0 Å². The number of ether oxygens (including phenoxy) is 1.